The normalized spacial score (nSPS) is 27.1. The highest BCUT2D eigenvalue weighted by atomic mass is 16.4. The van der Waals surface area contributed by atoms with Gasteiger partial charge in [0.25, 0.3) is 0 Å². The fourth-order valence-electron chi connectivity index (χ4n) is 2.96. The van der Waals surface area contributed by atoms with Crippen molar-refractivity contribution < 1.29 is 14.7 Å². The zero-order valence-corrected chi connectivity index (χ0v) is 12.2. The summed E-state index contributed by atoms with van der Waals surface area (Å²) in [4.78, 5) is 34.2. The van der Waals surface area contributed by atoms with Crippen molar-refractivity contribution in [2.45, 2.75) is 32.4 Å². The summed E-state index contributed by atoms with van der Waals surface area (Å²) in [6, 6.07) is -1.06. The topological polar surface area (TPSA) is 89.5 Å². The van der Waals surface area contributed by atoms with E-state index in [1.54, 1.807) is 18.3 Å². The summed E-state index contributed by atoms with van der Waals surface area (Å²) in [6.45, 7) is 3.13. The minimum Gasteiger partial charge on any atom is -0.480 e. The first-order chi connectivity index (χ1) is 9.97. The second-order valence-corrected chi connectivity index (χ2v) is 6.15. The lowest BCUT2D eigenvalue weighted by Crippen LogP contribution is -2.53. The number of H-pyrrole nitrogens is 1. The molecule has 1 saturated carbocycles. The number of carboxylic acids is 1. The van der Waals surface area contributed by atoms with Gasteiger partial charge in [0, 0.05) is 20.0 Å². The van der Waals surface area contributed by atoms with Crippen molar-refractivity contribution in [1.82, 2.24) is 19.8 Å². The average molecular weight is 292 g/mol. The van der Waals surface area contributed by atoms with E-state index in [0.29, 0.717) is 18.4 Å². The van der Waals surface area contributed by atoms with E-state index in [1.807, 2.05) is 0 Å². The maximum Gasteiger partial charge on any atom is 0.326 e. The maximum absolute atomic E-state index is 12.6. The van der Waals surface area contributed by atoms with Crippen LogP contribution in [0.3, 0.4) is 0 Å². The van der Waals surface area contributed by atoms with Crippen molar-refractivity contribution in [3.63, 3.8) is 0 Å². The summed E-state index contributed by atoms with van der Waals surface area (Å²) in [5.41, 5.74) is 1.57. The molecule has 0 bridgehead atoms. The molecule has 21 heavy (non-hydrogen) atoms. The van der Waals surface area contributed by atoms with E-state index in [-0.39, 0.29) is 19.0 Å². The first-order valence-electron chi connectivity index (χ1n) is 7.23. The second-order valence-electron chi connectivity index (χ2n) is 6.15. The van der Waals surface area contributed by atoms with Crippen molar-refractivity contribution in [2.24, 2.45) is 11.8 Å². The number of carbonyl (C=O) groups is 2. The molecule has 0 spiro atoms. The highest BCUT2D eigenvalue weighted by Gasteiger charge is 2.39. The summed E-state index contributed by atoms with van der Waals surface area (Å²) in [5.74, 6) is 0.232. The summed E-state index contributed by atoms with van der Waals surface area (Å²) >= 11 is 0. The number of aromatic nitrogens is 2. The molecule has 3 atom stereocenters. The molecule has 2 heterocycles. The van der Waals surface area contributed by atoms with Crippen LogP contribution in [0.1, 0.15) is 24.7 Å². The number of nitrogens with one attached hydrogen (secondary N) is 1. The van der Waals surface area contributed by atoms with E-state index in [2.05, 4.69) is 16.9 Å². The number of hydrogen-bond donors (Lipinski definition) is 2. The van der Waals surface area contributed by atoms with E-state index < -0.39 is 12.0 Å². The van der Waals surface area contributed by atoms with E-state index in [1.165, 1.54) is 4.90 Å². The van der Waals surface area contributed by atoms with Gasteiger partial charge in [0.1, 0.15) is 6.04 Å². The standard InChI is InChI=1S/C14H20N4O3/c1-8-3-9(8)5-17(2)14(21)18-6-11-10(15-7-16-11)4-12(18)13(19)20/h7-9,12H,3-6H2,1-2H3,(H,15,16)(H,19,20). The Kier molecular flexibility index (Phi) is 3.35. The van der Waals surface area contributed by atoms with Gasteiger partial charge in [0.2, 0.25) is 0 Å². The number of rotatable bonds is 3. The zero-order chi connectivity index (χ0) is 15.1. The Labute approximate surface area is 122 Å². The Bertz CT molecular complexity index is 570. The average Bonchev–Trinajstić information content (AvgIpc) is 2.96. The first kappa shape index (κ1) is 13.9. The molecule has 1 aromatic heterocycles. The number of hydrogen-bond acceptors (Lipinski definition) is 3. The Morgan fingerprint density at radius 2 is 2.29 bits per heavy atom. The van der Waals surface area contributed by atoms with Crippen LogP contribution in [-0.4, -0.2) is 56.5 Å². The van der Waals surface area contributed by atoms with Crippen molar-refractivity contribution in [2.75, 3.05) is 13.6 Å². The third kappa shape index (κ3) is 2.59. The van der Waals surface area contributed by atoms with Gasteiger partial charge in [-0.05, 0) is 18.3 Å². The quantitative estimate of drug-likeness (QED) is 0.867. The Hall–Kier alpha value is -2.05. The van der Waals surface area contributed by atoms with Crippen molar-refractivity contribution >= 4 is 12.0 Å². The largest absolute Gasteiger partial charge is 0.480 e. The molecule has 1 aliphatic carbocycles. The van der Waals surface area contributed by atoms with Crippen LogP contribution < -0.4 is 0 Å². The fourth-order valence-corrected chi connectivity index (χ4v) is 2.96. The number of amides is 2. The molecule has 1 aliphatic heterocycles. The molecule has 0 radical (unpaired) electrons. The predicted molar refractivity (Wildman–Crippen MR) is 74.6 cm³/mol. The Morgan fingerprint density at radius 1 is 1.57 bits per heavy atom. The van der Waals surface area contributed by atoms with Gasteiger partial charge >= 0.3 is 12.0 Å². The number of nitrogens with zero attached hydrogens (tertiary/aromatic N) is 3. The highest BCUT2D eigenvalue weighted by Crippen LogP contribution is 2.38. The molecular formula is C14H20N4O3. The molecule has 114 valence electrons. The highest BCUT2D eigenvalue weighted by molar-refractivity contribution is 5.83. The minimum absolute atomic E-state index is 0.221. The Morgan fingerprint density at radius 3 is 2.90 bits per heavy atom. The molecular weight excluding hydrogens is 272 g/mol. The Balaban J connectivity index is 1.75. The van der Waals surface area contributed by atoms with Gasteiger partial charge in [0.15, 0.2) is 0 Å². The molecule has 2 amide bonds. The van der Waals surface area contributed by atoms with Crippen LogP contribution in [0.4, 0.5) is 4.79 Å². The predicted octanol–water partition coefficient (Wildman–Crippen LogP) is 0.929. The SMILES string of the molecule is CC1CC1CN(C)C(=O)N1Cc2[nH]cnc2CC1C(=O)O. The number of urea groups is 1. The van der Waals surface area contributed by atoms with Gasteiger partial charge in [-0.15, -0.1) is 0 Å². The molecule has 7 heteroatoms. The molecule has 2 aliphatic rings. The van der Waals surface area contributed by atoms with Crippen LogP contribution in [0.25, 0.3) is 0 Å². The van der Waals surface area contributed by atoms with Gasteiger partial charge in [-0.1, -0.05) is 6.92 Å². The smallest absolute Gasteiger partial charge is 0.326 e. The minimum atomic E-state index is -0.981. The van der Waals surface area contributed by atoms with Crippen LogP contribution >= 0.6 is 0 Å². The maximum atomic E-state index is 12.6. The molecule has 1 fully saturated rings. The van der Waals surface area contributed by atoms with Gasteiger partial charge in [0.05, 0.1) is 24.3 Å². The summed E-state index contributed by atoms with van der Waals surface area (Å²) in [5, 5.41) is 9.39. The lowest BCUT2D eigenvalue weighted by Gasteiger charge is -2.35. The number of aliphatic carboxylic acids is 1. The van der Waals surface area contributed by atoms with E-state index in [4.69, 9.17) is 0 Å². The lowest BCUT2D eigenvalue weighted by molar-refractivity contribution is -0.142. The van der Waals surface area contributed by atoms with E-state index >= 15 is 0 Å². The third-order valence-electron chi connectivity index (χ3n) is 4.54. The third-order valence-corrected chi connectivity index (χ3v) is 4.54. The molecule has 3 unspecified atom stereocenters. The molecule has 2 N–H and O–H groups in total. The van der Waals surface area contributed by atoms with E-state index in [0.717, 1.165) is 17.8 Å². The van der Waals surface area contributed by atoms with Gasteiger partial charge in [-0.3, -0.25) is 0 Å². The molecule has 1 aromatic rings. The number of carbonyl (C=O) groups excluding carboxylic acids is 1. The zero-order valence-electron chi connectivity index (χ0n) is 12.2. The van der Waals surface area contributed by atoms with E-state index in [9.17, 15) is 14.7 Å². The monoisotopic (exact) mass is 292 g/mol. The number of aromatic amines is 1. The fraction of sp³-hybridized carbons (Fsp3) is 0.643. The summed E-state index contributed by atoms with van der Waals surface area (Å²) < 4.78 is 0. The van der Waals surface area contributed by atoms with Crippen LogP contribution in [0.15, 0.2) is 6.33 Å². The lowest BCUT2D eigenvalue weighted by atomic mass is 10.0. The van der Waals surface area contributed by atoms with Crippen LogP contribution in [0.2, 0.25) is 0 Å². The molecule has 0 saturated heterocycles. The van der Waals surface area contributed by atoms with Crippen LogP contribution in [-0.2, 0) is 17.8 Å². The second kappa shape index (κ2) is 5.05. The molecule has 7 nitrogen and oxygen atoms in total. The number of carboxylic acid groups (broad SMARTS) is 1. The van der Waals surface area contributed by atoms with Crippen molar-refractivity contribution in [3.8, 4) is 0 Å². The summed E-state index contributed by atoms with van der Waals surface area (Å²) in [7, 11) is 1.74. The van der Waals surface area contributed by atoms with Crippen molar-refractivity contribution in [3.05, 3.63) is 17.7 Å². The van der Waals surface area contributed by atoms with Gasteiger partial charge < -0.3 is 19.9 Å². The number of fused-ring (bicyclic) bond motifs is 1. The van der Waals surface area contributed by atoms with Crippen LogP contribution in [0, 0.1) is 11.8 Å². The van der Waals surface area contributed by atoms with Gasteiger partial charge in [-0.25, -0.2) is 14.6 Å². The molecule has 3 rings (SSSR count). The van der Waals surface area contributed by atoms with Crippen LogP contribution in [0.5, 0.6) is 0 Å². The molecule has 0 aromatic carbocycles. The van der Waals surface area contributed by atoms with Gasteiger partial charge in [-0.2, -0.15) is 0 Å². The van der Waals surface area contributed by atoms with Crippen molar-refractivity contribution in [1.29, 1.82) is 0 Å². The number of imidazole rings is 1. The first-order valence-corrected chi connectivity index (χ1v) is 7.23. The summed E-state index contributed by atoms with van der Waals surface area (Å²) in [6.07, 6.45) is 2.95.